The van der Waals surface area contributed by atoms with Gasteiger partial charge in [0.05, 0.1) is 12.0 Å². The number of carbonyl (C=O) groups excluding carboxylic acids is 1. The third-order valence-corrected chi connectivity index (χ3v) is 4.80. The Hall–Kier alpha value is -4.71. The van der Waals surface area contributed by atoms with Crippen molar-refractivity contribution in [3.8, 4) is 17.6 Å². The summed E-state index contributed by atoms with van der Waals surface area (Å²) in [4.78, 5) is 23.3. The Balaban J connectivity index is 1.80. The van der Waals surface area contributed by atoms with Crippen molar-refractivity contribution in [1.82, 2.24) is 0 Å². The van der Waals surface area contributed by atoms with E-state index in [-0.39, 0.29) is 29.4 Å². The number of methoxy groups -OCH3 is 1. The number of anilines is 1. The predicted octanol–water partition coefficient (Wildman–Crippen LogP) is 5.18. The van der Waals surface area contributed by atoms with E-state index in [4.69, 9.17) is 9.47 Å². The minimum absolute atomic E-state index is 0.0145. The van der Waals surface area contributed by atoms with Gasteiger partial charge in [0.15, 0.2) is 11.5 Å². The van der Waals surface area contributed by atoms with Gasteiger partial charge in [-0.2, -0.15) is 5.26 Å². The highest BCUT2D eigenvalue weighted by Crippen LogP contribution is 2.30. The molecule has 0 saturated heterocycles. The van der Waals surface area contributed by atoms with Crippen LogP contribution in [-0.2, 0) is 11.4 Å². The van der Waals surface area contributed by atoms with Crippen molar-refractivity contribution >= 4 is 23.4 Å². The molecule has 1 amide bonds. The maximum Gasteiger partial charge on any atom is 0.293 e. The standard InChI is InChI=1S/C25H20FN3O5/c1-16-7-9-21(22(11-16)29(31)32)28-25(30)19(14-27)12-17-8-10-23(24(13-17)33-2)34-15-18-5-3-4-6-20(18)26/h3-13H,15H2,1-2H3,(H,28,30)/b19-12+. The molecule has 0 radical (unpaired) electrons. The van der Waals surface area contributed by atoms with Crippen molar-refractivity contribution in [2.24, 2.45) is 0 Å². The first-order valence-electron chi connectivity index (χ1n) is 10.0. The number of hydrogen-bond acceptors (Lipinski definition) is 6. The van der Waals surface area contributed by atoms with Crippen molar-refractivity contribution in [2.75, 3.05) is 12.4 Å². The number of nitro benzene ring substituents is 1. The molecule has 0 unspecified atom stereocenters. The van der Waals surface area contributed by atoms with E-state index in [9.17, 15) is 24.6 Å². The van der Waals surface area contributed by atoms with E-state index >= 15 is 0 Å². The number of ether oxygens (including phenoxy) is 2. The smallest absolute Gasteiger partial charge is 0.293 e. The molecular formula is C25H20FN3O5. The number of hydrogen-bond donors (Lipinski definition) is 1. The SMILES string of the molecule is COc1cc(/C=C(\C#N)C(=O)Nc2ccc(C)cc2[N+](=O)[O-])ccc1OCc1ccccc1F. The van der Waals surface area contributed by atoms with Gasteiger partial charge in [-0.15, -0.1) is 0 Å². The van der Waals surface area contributed by atoms with Crippen molar-refractivity contribution in [3.63, 3.8) is 0 Å². The first-order valence-corrected chi connectivity index (χ1v) is 10.0. The Labute approximate surface area is 195 Å². The van der Waals surface area contributed by atoms with Gasteiger partial charge in [0, 0.05) is 11.6 Å². The van der Waals surface area contributed by atoms with Gasteiger partial charge in [0.2, 0.25) is 0 Å². The van der Waals surface area contributed by atoms with Gasteiger partial charge < -0.3 is 14.8 Å². The van der Waals surface area contributed by atoms with Crippen molar-refractivity contribution in [1.29, 1.82) is 5.26 Å². The highest BCUT2D eigenvalue weighted by Gasteiger charge is 2.18. The lowest BCUT2D eigenvalue weighted by Crippen LogP contribution is -2.14. The van der Waals surface area contributed by atoms with E-state index in [0.29, 0.717) is 28.2 Å². The second kappa shape index (κ2) is 10.7. The maximum atomic E-state index is 13.8. The van der Waals surface area contributed by atoms with Crippen LogP contribution in [0.1, 0.15) is 16.7 Å². The summed E-state index contributed by atoms with van der Waals surface area (Å²) in [6.07, 6.45) is 1.32. The fourth-order valence-corrected chi connectivity index (χ4v) is 3.07. The van der Waals surface area contributed by atoms with Crippen LogP contribution in [0.15, 0.2) is 66.2 Å². The molecule has 0 bridgehead atoms. The van der Waals surface area contributed by atoms with Crippen LogP contribution in [-0.4, -0.2) is 17.9 Å². The van der Waals surface area contributed by atoms with Gasteiger partial charge in [0.1, 0.15) is 29.8 Å². The Morgan fingerprint density at radius 1 is 1.18 bits per heavy atom. The van der Waals surface area contributed by atoms with Crippen LogP contribution in [0.2, 0.25) is 0 Å². The van der Waals surface area contributed by atoms with Gasteiger partial charge in [-0.25, -0.2) is 4.39 Å². The van der Waals surface area contributed by atoms with Gasteiger partial charge in [0.25, 0.3) is 11.6 Å². The van der Waals surface area contributed by atoms with E-state index in [1.54, 1.807) is 55.5 Å². The molecule has 9 heteroatoms. The van der Waals surface area contributed by atoms with Crippen molar-refractivity contribution < 1.29 is 23.6 Å². The summed E-state index contributed by atoms with van der Waals surface area (Å²) in [5.41, 5.74) is 0.935. The van der Waals surface area contributed by atoms with Crippen LogP contribution in [0.5, 0.6) is 11.5 Å². The Morgan fingerprint density at radius 2 is 1.94 bits per heavy atom. The summed E-state index contributed by atoms with van der Waals surface area (Å²) in [5.74, 6) is -0.522. The number of nitriles is 1. The molecule has 3 aromatic carbocycles. The van der Waals surface area contributed by atoms with Crippen LogP contribution < -0.4 is 14.8 Å². The Bertz CT molecular complexity index is 1310. The summed E-state index contributed by atoms with van der Waals surface area (Å²) in [5, 5.41) is 23.2. The van der Waals surface area contributed by atoms with Crippen molar-refractivity contribution in [3.05, 3.63) is 98.9 Å². The van der Waals surface area contributed by atoms with E-state index in [1.807, 2.05) is 0 Å². The lowest BCUT2D eigenvalue weighted by molar-refractivity contribution is -0.384. The lowest BCUT2D eigenvalue weighted by Gasteiger charge is -2.12. The molecule has 3 aromatic rings. The third-order valence-electron chi connectivity index (χ3n) is 4.80. The van der Waals surface area contributed by atoms with Crippen LogP contribution in [0.4, 0.5) is 15.8 Å². The molecule has 0 aliphatic heterocycles. The quantitative estimate of drug-likeness (QED) is 0.214. The highest BCUT2D eigenvalue weighted by atomic mass is 19.1. The summed E-state index contributed by atoms with van der Waals surface area (Å²) in [6.45, 7) is 1.68. The Kier molecular flexibility index (Phi) is 7.56. The number of carbonyl (C=O) groups is 1. The number of nitrogens with one attached hydrogen (secondary N) is 1. The van der Waals surface area contributed by atoms with Gasteiger partial charge >= 0.3 is 0 Å². The second-order valence-electron chi connectivity index (χ2n) is 7.19. The fraction of sp³-hybridized carbons (Fsp3) is 0.120. The molecule has 0 fully saturated rings. The largest absolute Gasteiger partial charge is 0.493 e. The number of benzene rings is 3. The zero-order valence-corrected chi connectivity index (χ0v) is 18.4. The second-order valence-corrected chi connectivity index (χ2v) is 7.19. The number of halogens is 1. The number of aryl methyl sites for hydroxylation is 1. The molecule has 34 heavy (non-hydrogen) atoms. The van der Waals surface area contributed by atoms with Crippen molar-refractivity contribution in [2.45, 2.75) is 13.5 Å². The molecule has 0 spiro atoms. The predicted molar refractivity (Wildman–Crippen MR) is 124 cm³/mol. The molecule has 1 N–H and O–H groups in total. The molecule has 0 aromatic heterocycles. The summed E-state index contributed by atoms with van der Waals surface area (Å²) in [6, 6.07) is 17.1. The first kappa shape index (κ1) is 23.9. The number of amides is 1. The van der Waals surface area contributed by atoms with E-state index in [2.05, 4.69) is 5.32 Å². The van der Waals surface area contributed by atoms with E-state index in [1.165, 1.54) is 31.4 Å². The van der Waals surface area contributed by atoms with E-state index in [0.717, 1.165) is 0 Å². The van der Waals surface area contributed by atoms with Crippen LogP contribution in [0, 0.1) is 34.2 Å². The molecule has 0 atom stereocenters. The third kappa shape index (κ3) is 5.75. The zero-order chi connectivity index (χ0) is 24.7. The molecule has 172 valence electrons. The molecule has 8 nitrogen and oxygen atoms in total. The topological polar surface area (TPSA) is 114 Å². The summed E-state index contributed by atoms with van der Waals surface area (Å²) < 4.78 is 24.8. The normalized spacial score (nSPS) is 10.8. The number of nitro groups is 1. The van der Waals surface area contributed by atoms with E-state index < -0.39 is 10.8 Å². The summed E-state index contributed by atoms with van der Waals surface area (Å²) >= 11 is 0. The molecule has 3 rings (SSSR count). The molecule has 0 aliphatic carbocycles. The fourth-order valence-electron chi connectivity index (χ4n) is 3.07. The highest BCUT2D eigenvalue weighted by molar-refractivity contribution is 6.10. The molecular weight excluding hydrogens is 441 g/mol. The summed E-state index contributed by atoms with van der Waals surface area (Å²) in [7, 11) is 1.42. The van der Waals surface area contributed by atoms with Gasteiger partial charge in [-0.05, 0) is 48.4 Å². The minimum Gasteiger partial charge on any atom is -0.493 e. The average molecular weight is 461 g/mol. The number of rotatable bonds is 8. The average Bonchev–Trinajstić information content (AvgIpc) is 2.83. The monoisotopic (exact) mass is 461 g/mol. The van der Waals surface area contributed by atoms with Gasteiger partial charge in [-0.3, -0.25) is 14.9 Å². The van der Waals surface area contributed by atoms with Gasteiger partial charge in [-0.1, -0.05) is 30.3 Å². The molecule has 0 heterocycles. The minimum atomic E-state index is -0.798. The van der Waals surface area contributed by atoms with Crippen LogP contribution in [0.25, 0.3) is 6.08 Å². The van der Waals surface area contributed by atoms with Crippen LogP contribution in [0.3, 0.4) is 0 Å². The van der Waals surface area contributed by atoms with Crippen LogP contribution >= 0.6 is 0 Å². The lowest BCUT2D eigenvalue weighted by atomic mass is 10.1. The first-order chi connectivity index (χ1) is 16.3. The maximum absolute atomic E-state index is 13.8. The zero-order valence-electron chi connectivity index (χ0n) is 18.4. The molecule has 0 aliphatic rings. The molecule has 0 saturated carbocycles. The Morgan fingerprint density at radius 3 is 2.62 bits per heavy atom. The number of nitrogens with zero attached hydrogens (tertiary/aromatic N) is 2.